The number of aryl methyl sites for hydroxylation is 1. The summed E-state index contributed by atoms with van der Waals surface area (Å²) in [5.41, 5.74) is 2.35. The molecule has 0 spiro atoms. The van der Waals surface area contributed by atoms with Crippen LogP contribution in [0.15, 0.2) is 30.6 Å². The molecule has 0 aliphatic carbocycles. The summed E-state index contributed by atoms with van der Waals surface area (Å²) in [5, 5.41) is 10.3. The molecule has 6 nitrogen and oxygen atoms in total. The van der Waals surface area contributed by atoms with Gasteiger partial charge in [-0.15, -0.1) is 10.2 Å². The fraction of sp³-hybridized carbons (Fsp3) is 0.389. The zero-order valence-electron chi connectivity index (χ0n) is 14.1. The summed E-state index contributed by atoms with van der Waals surface area (Å²) in [4.78, 5) is 8.50. The second-order valence-corrected chi connectivity index (χ2v) is 7.96. The summed E-state index contributed by atoms with van der Waals surface area (Å²) >= 11 is 7.80. The molecule has 1 fully saturated rings. The van der Waals surface area contributed by atoms with Gasteiger partial charge in [0.2, 0.25) is 0 Å². The lowest BCUT2D eigenvalue weighted by Crippen LogP contribution is -2.36. The van der Waals surface area contributed by atoms with Crippen molar-refractivity contribution in [3.63, 3.8) is 0 Å². The lowest BCUT2D eigenvalue weighted by atomic mass is 9.92. The molecule has 1 aromatic carbocycles. The Morgan fingerprint density at radius 1 is 1.12 bits per heavy atom. The van der Waals surface area contributed by atoms with E-state index < -0.39 is 0 Å². The van der Waals surface area contributed by atoms with Crippen molar-refractivity contribution in [1.82, 2.24) is 19.7 Å². The molecule has 2 aliphatic rings. The van der Waals surface area contributed by atoms with E-state index in [2.05, 4.69) is 31.8 Å². The second kappa shape index (κ2) is 6.64. The van der Waals surface area contributed by atoms with E-state index in [1.165, 1.54) is 5.56 Å². The molecule has 0 radical (unpaired) electrons. The molecule has 0 bridgehead atoms. The Balaban J connectivity index is 1.61. The summed E-state index contributed by atoms with van der Waals surface area (Å²) in [6.45, 7) is 4.14. The highest BCUT2D eigenvalue weighted by atomic mass is 35.5. The van der Waals surface area contributed by atoms with E-state index in [-0.39, 0.29) is 5.92 Å². The largest absolute Gasteiger partial charge is 0.378 e. The Labute approximate surface area is 160 Å². The number of thiazole rings is 1. The standard InChI is InChI=1S/C18H18ClN5OS/c19-13-3-1-12(2-4-13)14-5-6-24-11-20-22-17(24)16-15(14)21-18(26-16)23-7-9-25-10-8-23/h1-4,11,14H,5-10H2. The molecule has 0 N–H and O–H groups in total. The quantitative estimate of drug-likeness (QED) is 0.674. The van der Waals surface area contributed by atoms with Crippen LogP contribution in [0.2, 0.25) is 5.02 Å². The van der Waals surface area contributed by atoms with Gasteiger partial charge in [0.25, 0.3) is 0 Å². The van der Waals surface area contributed by atoms with E-state index in [4.69, 9.17) is 21.3 Å². The van der Waals surface area contributed by atoms with Crippen LogP contribution in [0.4, 0.5) is 5.13 Å². The fourth-order valence-corrected chi connectivity index (χ4v) is 4.93. The summed E-state index contributed by atoms with van der Waals surface area (Å²) < 4.78 is 7.62. The molecule has 1 saturated heterocycles. The molecule has 5 rings (SSSR count). The topological polar surface area (TPSA) is 56.1 Å². The van der Waals surface area contributed by atoms with Crippen molar-refractivity contribution in [2.75, 3.05) is 31.2 Å². The van der Waals surface area contributed by atoms with Gasteiger partial charge in [-0.2, -0.15) is 0 Å². The number of halogens is 1. The molecule has 4 heterocycles. The van der Waals surface area contributed by atoms with Crippen LogP contribution in [0.3, 0.4) is 0 Å². The lowest BCUT2D eigenvalue weighted by Gasteiger charge is -2.26. The summed E-state index contributed by atoms with van der Waals surface area (Å²) in [6.07, 6.45) is 2.78. The minimum Gasteiger partial charge on any atom is -0.378 e. The second-order valence-electron chi connectivity index (χ2n) is 6.55. The number of anilines is 1. The van der Waals surface area contributed by atoms with Crippen LogP contribution in [0, 0.1) is 0 Å². The van der Waals surface area contributed by atoms with Crippen molar-refractivity contribution >= 4 is 28.1 Å². The van der Waals surface area contributed by atoms with Gasteiger partial charge in [-0.25, -0.2) is 4.98 Å². The zero-order chi connectivity index (χ0) is 17.5. The van der Waals surface area contributed by atoms with Crippen molar-refractivity contribution in [2.45, 2.75) is 18.9 Å². The Morgan fingerprint density at radius 3 is 2.73 bits per heavy atom. The van der Waals surface area contributed by atoms with Gasteiger partial charge in [-0.05, 0) is 24.1 Å². The van der Waals surface area contributed by atoms with Gasteiger partial charge in [0.15, 0.2) is 11.0 Å². The third kappa shape index (κ3) is 2.80. The average molecular weight is 388 g/mol. The van der Waals surface area contributed by atoms with E-state index in [0.717, 1.165) is 65.8 Å². The van der Waals surface area contributed by atoms with Crippen LogP contribution in [0.1, 0.15) is 23.6 Å². The highest BCUT2D eigenvalue weighted by Gasteiger charge is 2.30. The molecule has 1 atom stereocenters. The zero-order valence-corrected chi connectivity index (χ0v) is 15.7. The fourth-order valence-electron chi connectivity index (χ4n) is 3.63. The highest BCUT2D eigenvalue weighted by molar-refractivity contribution is 7.19. The molecule has 0 saturated carbocycles. The van der Waals surface area contributed by atoms with Crippen molar-refractivity contribution < 1.29 is 4.74 Å². The summed E-state index contributed by atoms with van der Waals surface area (Å²) in [7, 11) is 0. The first-order chi connectivity index (χ1) is 12.8. The van der Waals surface area contributed by atoms with E-state index >= 15 is 0 Å². The number of benzene rings is 1. The van der Waals surface area contributed by atoms with Crippen LogP contribution in [-0.4, -0.2) is 46.1 Å². The van der Waals surface area contributed by atoms with Crippen molar-refractivity contribution in [1.29, 1.82) is 0 Å². The van der Waals surface area contributed by atoms with E-state index in [9.17, 15) is 0 Å². The first kappa shape index (κ1) is 16.2. The molecule has 1 unspecified atom stereocenters. The first-order valence-electron chi connectivity index (χ1n) is 8.76. The maximum absolute atomic E-state index is 6.09. The monoisotopic (exact) mass is 387 g/mol. The van der Waals surface area contributed by atoms with Crippen LogP contribution in [0.5, 0.6) is 0 Å². The normalized spacial score (nSPS) is 19.7. The van der Waals surface area contributed by atoms with Gasteiger partial charge >= 0.3 is 0 Å². The number of nitrogens with zero attached hydrogens (tertiary/aromatic N) is 5. The number of hydrogen-bond acceptors (Lipinski definition) is 6. The number of hydrogen-bond donors (Lipinski definition) is 0. The Kier molecular flexibility index (Phi) is 4.15. The summed E-state index contributed by atoms with van der Waals surface area (Å²) in [5.74, 6) is 1.16. The minimum atomic E-state index is 0.231. The maximum Gasteiger partial charge on any atom is 0.186 e. The summed E-state index contributed by atoms with van der Waals surface area (Å²) in [6, 6.07) is 8.13. The van der Waals surface area contributed by atoms with E-state index in [1.54, 1.807) is 11.3 Å². The third-order valence-electron chi connectivity index (χ3n) is 5.00. The van der Waals surface area contributed by atoms with Crippen LogP contribution >= 0.6 is 22.9 Å². The Hall–Kier alpha value is -1.96. The molecular formula is C18H18ClN5OS. The van der Waals surface area contributed by atoms with Gasteiger partial charge in [-0.3, -0.25) is 0 Å². The predicted molar refractivity (Wildman–Crippen MR) is 102 cm³/mol. The predicted octanol–water partition coefficient (Wildman–Crippen LogP) is 3.43. The van der Waals surface area contributed by atoms with Gasteiger partial charge < -0.3 is 14.2 Å². The number of morpholine rings is 1. The molecule has 2 aromatic heterocycles. The number of fused-ring (bicyclic) bond motifs is 3. The van der Waals surface area contributed by atoms with E-state index in [1.807, 2.05) is 18.5 Å². The lowest BCUT2D eigenvalue weighted by molar-refractivity contribution is 0.122. The minimum absolute atomic E-state index is 0.231. The molecular weight excluding hydrogens is 370 g/mol. The molecule has 3 aromatic rings. The number of rotatable bonds is 2. The SMILES string of the molecule is Clc1ccc(C2CCn3cnnc3-c3sc(N4CCOCC4)nc32)cc1. The molecule has 8 heteroatoms. The number of ether oxygens (including phenoxy) is 1. The Bertz CT molecular complexity index is 916. The maximum atomic E-state index is 6.09. The van der Waals surface area contributed by atoms with Gasteiger partial charge in [0.1, 0.15) is 6.33 Å². The number of aromatic nitrogens is 4. The highest BCUT2D eigenvalue weighted by Crippen LogP contribution is 2.43. The first-order valence-corrected chi connectivity index (χ1v) is 9.96. The Morgan fingerprint density at radius 2 is 1.92 bits per heavy atom. The van der Waals surface area contributed by atoms with Crippen LogP contribution in [0.25, 0.3) is 10.7 Å². The average Bonchev–Trinajstić information content (AvgIpc) is 3.29. The molecule has 2 aliphatic heterocycles. The molecule has 134 valence electrons. The molecule has 0 amide bonds. The third-order valence-corrected chi connectivity index (χ3v) is 6.38. The van der Waals surface area contributed by atoms with Crippen molar-refractivity contribution in [2.24, 2.45) is 0 Å². The molecule has 26 heavy (non-hydrogen) atoms. The van der Waals surface area contributed by atoms with Gasteiger partial charge in [-0.1, -0.05) is 35.1 Å². The van der Waals surface area contributed by atoms with Gasteiger partial charge in [0.05, 0.1) is 23.8 Å². The van der Waals surface area contributed by atoms with Crippen molar-refractivity contribution in [3.05, 3.63) is 46.9 Å². The van der Waals surface area contributed by atoms with Crippen LogP contribution < -0.4 is 4.90 Å². The van der Waals surface area contributed by atoms with E-state index in [0.29, 0.717) is 0 Å². The van der Waals surface area contributed by atoms with Crippen molar-refractivity contribution in [3.8, 4) is 10.7 Å². The van der Waals surface area contributed by atoms with Crippen LogP contribution in [-0.2, 0) is 11.3 Å². The smallest absolute Gasteiger partial charge is 0.186 e. The van der Waals surface area contributed by atoms with Gasteiger partial charge in [0, 0.05) is 30.6 Å².